The summed E-state index contributed by atoms with van der Waals surface area (Å²) in [6, 6.07) is 0.00692. The molecule has 1 unspecified atom stereocenters. The van der Waals surface area contributed by atoms with E-state index in [2.05, 4.69) is 16.0 Å². The van der Waals surface area contributed by atoms with Crippen molar-refractivity contribution in [1.29, 1.82) is 0 Å². The van der Waals surface area contributed by atoms with Crippen molar-refractivity contribution in [2.24, 2.45) is 11.8 Å². The quantitative estimate of drug-likeness (QED) is 0.702. The highest BCUT2D eigenvalue weighted by Gasteiger charge is 2.21. The average Bonchev–Trinajstić information content (AvgIpc) is 3.22. The maximum atomic E-state index is 11.4. The third kappa shape index (κ3) is 6.51. The minimum Gasteiger partial charge on any atom is -0.338 e. The van der Waals surface area contributed by atoms with E-state index in [1.165, 1.54) is 25.7 Å². The van der Waals surface area contributed by atoms with Crippen LogP contribution in [0.25, 0.3) is 0 Å². The molecule has 1 heterocycles. The Labute approximate surface area is 105 Å². The Bertz CT molecular complexity index is 211. The summed E-state index contributed by atoms with van der Waals surface area (Å²) >= 11 is 0. The Morgan fingerprint density at radius 1 is 1.12 bits per heavy atom. The SMILES string of the molecule is CC.O=C(NCC1CC1)NCC1CCCNC1. The highest BCUT2D eigenvalue weighted by Crippen LogP contribution is 2.27. The van der Waals surface area contributed by atoms with Crippen LogP contribution in [-0.2, 0) is 0 Å². The van der Waals surface area contributed by atoms with E-state index in [9.17, 15) is 4.79 Å². The van der Waals surface area contributed by atoms with E-state index in [1.54, 1.807) is 0 Å². The van der Waals surface area contributed by atoms with E-state index >= 15 is 0 Å². The predicted molar refractivity (Wildman–Crippen MR) is 71.1 cm³/mol. The molecule has 17 heavy (non-hydrogen) atoms. The van der Waals surface area contributed by atoms with Gasteiger partial charge in [-0.15, -0.1) is 0 Å². The van der Waals surface area contributed by atoms with E-state index in [0.717, 1.165) is 32.1 Å². The third-order valence-electron chi connectivity index (χ3n) is 3.20. The predicted octanol–water partition coefficient (Wildman–Crippen LogP) is 1.72. The Kier molecular flexibility index (Phi) is 7.01. The first-order valence-corrected chi connectivity index (χ1v) is 7.07. The van der Waals surface area contributed by atoms with Crippen LogP contribution in [0.2, 0.25) is 0 Å². The molecule has 3 N–H and O–H groups in total. The summed E-state index contributed by atoms with van der Waals surface area (Å²) in [5, 5.41) is 9.21. The lowest BCUT2D eigenvalue weighted by Gasteiger charge is -2.22. The maximum Gasteiger partial charge on any atom is 0.314 e. The fourth-order valence-corrected chi connectivity index (χ4v) is 1.96. The van der Waals surface area contributed by atoms with Crippen LogP contribution in [0.5, 0.6) is 0 Å². The number of carbonyl (C=O) groups is 1. The third-order valence-corrected chi connectivity index (χ3v) is 3.20. The second-order valence-corrected chi connectivity index (χ2v) is 4.75. The van der Waals surface area contributed by atoms with Crippen LogP contribution >= 0.6 is 0 Å². The topological polar surface area (TPSA) is 53.2 Å². The molecule has 1 saturated carbocycles. The minimum absolute atomic E-state index is 0.00692. The van der Waals surface area contributed by atoms with Gasteiger partial charge in [-0.25, -0.2) is 4.79 Å². The monoisotopic (exact) mass is 241 g/mol. The number of piperidine rings is 1. The van der Waals surface area contributed by atoms with Crippen molar-refractivity contribution in [3.8, 4) is 0 Å². The summed E-state index contributed by atoms with van der Waals surface area (Å²) in [7, 11) is 0. The van der Waals surface area contributed by atoms with Crippen molar-refractivity contribution >= 4 is 6.03 Å². The van der Waals surface area contributed by atoms with E-state index in [0.29, 0.717) is 5.92 Å². The van der Waals surface area contributed by atoms with Gasteiger partial charge in [-0.2, -0.15) is 0 Å². The zero-order valence-corrected chi connectivity index (χ0v) is 11.2. The van der Waals surface area contributed by atoms with Gasteiger partial charge in [-0.05, 0) is 50.6 Å². The van der Waals surface area contributed by atoms with Crippen molar-refractivity contribution < 1.29 is 4.79 Å². The van der Waals surface area contributed by atoms with Crippen LogP contribution < -0.4 is 16.0 Å². The fraction of sp³-hybridized carbons (Fsp3) is 0.923. The van der Waals surface area contributed by atoms with Crippen LogP contribution in [0.3, 0.4) is 0 Å². The molecule has 0 bridgehead atoms. The van der Waals surface area contributed by atoms with Crippen LogP contribution in [0.1, 0.15) is 39.5 Å². The number of rotatable bonds is 4. The highest BCUT2D eigenvalue weighted by molar-refractivity contribution is 5.73. The van der Waals surface area contributed by atoms with Gasteiger partial charge in [0.15, 0.2) is 0 Å². The molecule has 0 aromatic rings. The number of hydrogen-bond donors (Lipinski definition) is 3. The Morgan fingerprint density at radius 2 is 1.76 bits per heavy atom. The Balaban J connectivity index is 0.000000686. The molecular weight excluding hydrogens is 214 g/mol. The molecule has 0 spiro atoms. The molecule has 0 radical (unpaired) electrons. The summed E-state index contributed by atoms with van der Waals surface area (Å²) < 4.78 is 0. The summed E-state index contributed by atoms with van der Waals surface area (Å²) in [4.78, 5) is 11.4. The van der Waals surface area contributed by atoms with Gasteiger partial charge >= 0.3 is 6.03 Å². The number of urea groups is 1. The van der Waals surface area contributed by atoms with Gasteiger partial charge < -0.3 is 16.0 Å². The lowest BCUT2D eigenvalue weighted by atomic mass is 10.00. The van der Waals surface area contributed by atoms with Crippen LogP contribution in [0.15, 0.2) is 0 Å². The second kappa shape index (κ2) is 8.34. The van der Waals surface area contributed by atoms with Crippen molar-refractivity contribution in [3.05, 3.63) is 0 Å². The molecule has 1 atom stereocenters. The molecule has 0 aromatic heterocycles. The van der Waals surface area contributed by atoms with E-state index in [-0.39, 0.29) is 6.03 Å². The van der Waals surface area contributed by atoms with E-state index in [1.807, 2.05) is 13.8 Å². The van der Waals surface area contributed by atoms with Crippen molar-refractivity contribution in [2.45, 2.75) is 39.5 Å². The minimum atomic E-state index is 0.00692. The fourth-order valence-electron chi connectivity index (χ4n) is 1.96. The Morgan fingerprint density at radius 3 is 2.29 bits per heavy atom. The molecule has 2 fully saturated rings. The largest absolute Gasteiger partial charge is 0.338 e. The summed E-state index contributed by atoms with van der Waals surface area (Å²) in [6.45, 7) is 7.84. The first kappa shape index (κ1) is 14.3. The highest BCUT2D eigenvalue weighted by atomic mass is 16.2. The molecule has 4 heteroatoms. The molecule has 2 rings (SSSR count). The van der Waals surface area contributed by atoms with Gasteiger partial charge in [-0.1, -0.05) is 13.8 Å². The standard InChI is InChI=1S/C11H21N3O.C2H6/c15-11(13-7-9-3-4-9)14-8-10-2-1-5-12-6-10;1-2/h9-10,12H,1-8H2,(H2,13,14,15);1-2H3. The summed E-state index contributed by atoms with van der Waals surface area (Å²) in [5.74, 6) is 1.37. The zero-order valence-electron chi connectivity index (χ0n) is 11.2. The second-order valence-electron chi connectivity index (χ2n) is 4.75. The van der Waals surface area contributed by atoms with Gasteiger partial charge in [0.25, 0.3) is 0 Å². The lowest BCUT2D eigenvalue weighted by Crippen LogP contribution is -2.42. The van der Waals surface area contributed by atoms with Crippen molar-refractivity contribution in [3.63, 3.8) is 0 Å². The molecule has 2 amide bonds. The number of amides is 2. The van der Waals surface area contributed by atoms with E-state index in [4.69, 9.17) is 0 Å². The number of nitrogens with one attached hydrogen (secondary N) is 3. The van der Waals surface area contributed by atoms with Crippen molar-refractivity contribution in [1.82, 2.24) is 16.0 Å². The molecule has 4 nitrogen and oxygen atoms in total. The number of carbonyl (C=O) groups excluding carboxylic acids is 1. The zero-order chi connectivity index (χ0) is 12.5. The lowest BCUT2D eigenvalue weighted by molar-refractivity contribution is 0.236. The summed E-state index contributed by atoms with van der Waals surface area (Å²) in [5.41, 5.74) is 0. The first-order chi connectivity index (χ1) is 8.34. The van der Waals surface area contributed by atoms with Gasteiger partial charge in [0.05, 0.1) is 0 Å². The molecule has 1 aliphatic heterocycles. The molecule has 1 saturated heterocycles. The molecular formula is C13H27N3O. The molecule has 2 aliphatic rings. The smallest absolute Gasteiger partial charge is 0.314 e. The molecule has 0 aromatic carbocycles. The molecule has 1 aliphatic carbocycles. The van der Waals surface area contributed by atoms with Crippen LogP contribution in [0.4, 0.5) is 4.79 Å². The van der Waals surface area contributed by atoms with Crippen LogP contribution in [0, 0.1) is 11.8 Å². The van der Waals surface area contributed by atoms with Gasteiger partial charge in [-0.3, -0.25) is 0 Å². The van der Waals surface area contributed by atoms with Gasteiger partial charge in [0, 0.05) is 13.1 Å². The number of hydrogen-bond acceptors (Lipinski definition) is 2. The molecule has 100 valence electrons. The van der Waals surface area contributed by atoms with Crippen LogP contribution in [-0.4, -0.2) is 32.2 Å². The van der Waals surface area contributed by atoms with Crippen molar-refractivity contribution in [2.75, 3.05) is 26.2 Å². The van der Waals surface area contributed by atoms with Gasteiger partial charge in [0.1, 0.15) is 0 Å². The maximum absolute atomic E-state index is 11.4. The summed E-state index contributed by atoms with van der Waals surface area (Å²) in [6.07, 6.45) is 5.03. The van der Waals surface area contributed by atoms with Gasteiger partial charge in [0.2, 0.25) is 0 Å². The first-order valence-electron chi connectivity index (χ1n) is 7.07. The normalized spacial score (nSPS) is 23.3. The average molecular weight is 241 g/mol. The Hall–Kier alpha value is -0.770. The van der Waals surface area contributed by atoms with E-state index < -0.39 is 0 Å².